The third-order valence-corrected chi connectivity index (χ3v) is 2.57. The van der Waals surface area contributed by atoms with Crippen molar-refractivity contribution in [1.29, 1.82) is 0 Å². The van der Waals surface area contributed by atoms with Crippen LogP contribution in [-0.4, -0.2) is 21.0 Å². The number of rotatable bonds is 4. The van der Waals surface area contributed by atoms with Gasteiger partial charge in [0.2, 0.25) is 5.95 Å². The molecule has 0 aliphatic carbocycles. The van der Waals surface area contributed by atoms with Crippen LogP contribution in [0.25, 0.3) is 0 Å². The average Bonchev–Trinajstić information content (AvgIpc) is 2.77. The van der Waals surface area contributed by atoms with Crippen LogP contribution in [0.3, 0.4) is 0 Å². The highest BCUT2D eigenvalue weighted by Crippen LogP contribution is 2.27. The van der Waals surface area contributed by atoms with Gasteiger partial charge in [-0.3, -0.25) is 0 Å². The number of carboxylic acids is 1. The van der Waals surface area contributed by atoms with E-state index < -0.39 is 17.8 Å². The number of carboxylic acid groups (broad SMARTS) is 1. The van der Waals surface area contributed by atoms with Crippen LogP contribution in [0.5, 0.6) is 0 Å². The van der Waals surface area contributed by atoms with Crippen molar-refractivity contribution in [3.63, 3.8) is 0 Å². The van der Waals surface area contributed by atoms with Gasteiger partial charge < -0.3 is 14.8 Å². The summed E-state index contributed by atoms with van der Waals surface area (Å²) >= 11 is 0. The Balaban J connectivity index is 2.10. The maximum atomic E-state index is 12.5. The summed E-state index contributed by atoms with van der Waals surface area (Å²) in [6.07, 6.45) is -3.58. The highest BCUT2D eigenvalue weighted by molar-refractivity contribution is 5.88. The van der Waals surface area contributed by atoms with Gasteiger partial charge >= 0.3 is 12.1 Å². The highest BCUT2D eigenvalue weighted by atomic mass is 19.4. The summed E-state index contributed by atoms with van der Waals surface area (Å²) in [5.74, 6) is -0.899. The summed E-state index contributed by atoms with van der Waals surface area (Å²) < 4.78 is 42.6. The molecule has 9 heteroatoms. The Hall–Kier alpha value is -2.58. The summed E-state index contributed by atoms with van der Waals surface area (Å²) in [5.41, 5.74) is -1.07. The van der Waals surface area contributed by atoms with Gasteiger partial charge in [-0.1, -0.05) is 0 Å². The zero-order valence-electron chi connectivity index (χ0n) is 10.7. The van der Waals surface area contributed by atoms with Crippen molar-refractivity contribution >= 4 is 11.9 Å². The molecule has 0 radical (unpaired) electrons. The predicted octanol–water partition coefficient (Wildman–Crippen LogP) is 2.71. The molecule has 0 unspecified atom stereocenters. The molecule has 0 fully saturated rings. The number of anilines is 1. The van der Waals surface area contributed by atoms with Crippen molar-refractivity contribution < 1.29 is 27.5 Å². The van der Waals surface area contributed by atoms with E-state index in [2.05, 4.69) is 15.3 Å². The molecular weight excluding hydrogens is 291 g/mol. The molecule has 0 spiro atoms. The minimum atomic E-state index is -4.56. The Labute approximate surface area is 116 Å². The molecule has 0 aliphatic rings. The molecule has 0 atom stereocenters. The van der Waals surface area contributed by atoms with E-state index in [0.717, 1.165) is 12.3 Å². The van der Waals surface area contributed by atoms with Crippen molar-refractivity contribution in [2.24, 2.45) is 0 Å². The fourth-order valence-electron chi connectivity index (χ4n) is 1.61. The first kappa shape index (κ1) is 14.8. The SMILES string of the molecule is Cc1oc(CNc2nccc(C(F)(F)F)n2)cc1C(=O)O. The van der Waals surface area contributed by atoms with Crippen molar-refractivity contribution in [2.75, 3.05) is 5.32 Å². The molecule has 112 valence electrons. The lowest BCUT2D eigenvalue weighted by molar-refractivity contribution is -0.141. The van der Waals surface area contributed by atoms with Gasteiger partial charge in [0.15, 0.2) is 0 Å². The molecule has 0 aliphatic heterocycles. The zero-order valence-corrected chi connectivity index (χ0v) is 10.7. The average molecular weight is 301 g/mol. The van der Waals surface area contributed by atoms with Crippen LogP contribution < -0.4 is 5.32 Å². The quantitative estimate of drug-likeness (QED) is 0.902. The standard InChI is InChI=1S/C12H10F3N3O3/c1-6-8(10(19)20)4-7(21-6)5-17-11-16-3-2-9(18-11)12(13,14)15/h2-4H,5H2,1H3,(H,19,20)(H,16,17,18). The minimum Gasteiger partial charge on any atom is -0.478 e. The zero-order chi connectivity index (χ0) is 15.6. The lowest BCUT2D eigenvalue weighted by atomic mass is 10.2. The van der Waals surface area contributed by atoms with Gasteiger partial charge in [-0.05, 0) is 19.1 Å². The van der Waals surface area contributed by atoms with Gasteiger partial charge in [-0.15, -0.1) is 0 Å². The topological polar surface area (TPSA) is 88.3 Å². The van der Waals surface area contributed by atoms with Gasteiger partial charge in [0.1, 0.15) is 22.8 Å². The van der Waals surface area contributed by atoms with E-state index >= 15 is 0 Å². The number of halogens is 3. The van der Waals surface area contributed by atoms with Gasteiger partial charge in [-0.2, -0.15) is 13.2 Å². The van der Waals surface area contributed by atoms with Crippen LogP contribution in [0, 0.1) is 6.92 Å². The number of aromatic nitrogens is 2. The Morgan fingerprint density at radius 1 is 1.48 bits per heavy atom. The number of nitrogens with one attached hydrogen (secondary N) is 1. The number of alkyl halides is 3. The molecule has 2 heterocycles. The first-order chi connectivity index (χ1) is 9.77. The van der Waals surface area contributed by atoms with E-state index in [1.54, 1.807) is 0 Å². The number of furan rings is 1. The van der Waals surface area contributed by atoms with Crippen LogP contribution in [0.15, 0.2) is 22.7 Å². The van der Waals surface area contributed by atoms with Crippen molar-refractivity contribution in [2.45, 2.75) is 19.6 Å². The fourth-order valence-corrected chi connectivity index (χ4v) is 1.61. The number of nitrogens with zero attached hydrogens (tertiary/aromatic N) is 2. The summed E-state index contributed by atoms with van der Waals surface area (Å²) in [4.78, 5) is 17.8. The van der Waals surface area contributed by atoms with Crippen molar-refractivity contribution in [3.05, 3.63) is 41.1 Å². The lowest BCUT2D eigenvalue weighted by Gasteiger charge is -2.07. The van der Waals surface area contributed by atoms with E-state index in [1.165, 1.54) is 13.0 Å². The van der Waals surface area contributed by atoms with E-state index in [1.807, 2.05) is 0 Å². The van der Waals surface area contributed by atoms with Gasteiger partial charge in [0.25, 0.3) is 0 Å². The summed E-state index contributed by atoms with van der Waals surface area (Å²) in [7, 11) is 0. The summed E-state index contributed by atoms with van der Waals surface area (Å²) in [5, 5.41) is 11.4. The van der Waals surface area contributed by atoms with Crippen LogP contribution in [0.1, 0.15) is 27.6 Å². The Morgan fingerprint density at radius 2 is 2.19 bits per heavy atom. The second kappa shape index (κ2) is 5.43. The maximum absolute atomic E-state index is 12.5. The first-order valence-electron chi connectivity index (χ1n) is 5.74. The maximum Gasteiger partial charge on any atom is 0.433 e. The summed E-state index contributed by atoms with van der Waals surface area (Å²) in [6, 6.07) is 2.04. The normalized spacial score (nSPS) is 11.4. The molecular formula is C12H10F3N3O3. The van der Waals surface area contributed by atoms with Gasteiger partial charge in [-0.25, -0.2) is 14.8 Å². The summed E-state index contributed by atoms with van der Waals surface area (Å²) in [6.45, 7) is 1.45. The number of carbonyl (C=O) groups is 1. The van der Waals surface area contributed by atoms with E-state index in [4.69, 9.17) is 9.52 Å². The second-order valence-electron chi connectivity index (χ2n) is 4.10. The smallest absolute Gasteiger partial charge is 0.433 e. The van der Waals surface area contributed by atoms with Crippen molar-refractivity contribution in [3.8, 4) is 0 Å². The Bertz CT molecular complexity index is 667. The van der Waals surface area contributed by atoms with Crippen LogP contribution >= 0.6 is 0 Å². The van der Waals surface area contributed by atoms with E-state index in [9.17, 15) is 18.0 Å². The Morgan fingerprint density at radius 3 is 2.76 bits per heavy atom. The molecule has 0 bridgehead atoms. The minimum absolute atomic E-state index is 0.00300. The molecule has 2 N–H and O–H groups in total. The molecule has 0 amide bonds. The van der Waals surface area contributed by atoms with Crippen molar-refractivity contribution in [1.82, 2.24) is 9.97 Å². The van der Waals surface area contributed by atoms with Crippen LogP contribution in [-0.2, 0) is 12.7 Å². The highest BCUT2D eigenvalue weighted by Gasteiger charge is 2.32. The largest absolute Gasteiger partial charge is 0.478 e. The molecule has 21 heavy (non-hydrogen) atoms. The monoisotopic (exact) mass is 301 g/mol. The molecule has 6 nitrogen and oxygen atoms in total. The third-order valence-electron chi connectivity index (χ3n) is 2.57. The molecule has 0 aromatic carbocycles. The van der Waals surface area contributed by atoms with E-state index in [0.29, 0.717) is 0 Å². The van der Waals surface area contributed by atoms with E-state index in [-0.39, 0.29) is 29.6 Å². The van der Waals surface area contributed by atoms with Gasteiger partial charge in [0, 0.05) is 6.20 Å². The number of hydrogen-bond donors (Lipinski definition) is 2. The van der Waals surface area contributed by atoms with Crippen LogP contribution in [0.2, 0.25) is 0 Å². The third kappa shape index (κ3) is 3.50. The molecule has 2 rings (SSSR count). The second-order valence-corrected chi connectivity index (χ2v) is 4.10. The lowest BCUT2D eigenvalue weighted by Crippen LogP contribution is -2.11. The number of aromatic carboxylic acids is 1. The Kier molecular flexibility index (Phi) is 3.83. The number of aryl methyl sites for hydroxylation is 1. The number of hydrogen-bond acceptors (Lipinski definition) is 5. The van der Waals surface area contributed by atoms with Crippen LogP contribution in [0.4, 0.5) is 19.1 Å². The van der Waals surface area contributed by atoms with Gasteiger partial charge in [0.05, 0.1) is 6.54 Å². The molecule has 0 saturated heterocycles. The molecule has 2 aromatic heterocycles. The predicted molar refractivity (Wildman–Crippen MR) is 64.8 cm³/mol. The first-order valence-corrected chi connectivity index (χ1v) is 5.74. The fraction of sp³-hybridized carbons (Fsp3) is 0.250. The molecule has 0 saturated carbocycles. The molecule has 2 aromatic rings.